The smallest absolute Gasteiger partial charge is 0.234 e. The molecule has 0 aromatic heterocycles. The maximum Gasteiger partial charge on any atom is 0.234 e. The summed E-state index contributed by atoms with van der Waals surface area (Å²) in [6.07, 6.45) is 8.15. The summed E-state index contributed by atoms with van der Waals surface area (Å²) in [5.74, 6) is -0.236. The third-order valence-electron chi connectivity index (χ3n) is 1.19. The van der Waals surface area contributed by atoms with Gasteiger partial charge in [0, 0.05) is 6.08 Å². The van der Waals surface area contributed by atoms with Crippen LogP contribution in [0.2, 0.25) is 5.82 Å². The Morgan fingerprint density at radius 1 is 1.54 bits per heavy atom. The Bertz CT molecular complexity index is 236. The fourth-order valence-corrected chi connectivity index (χ4v) is 0.623. The first-order valence-electron chi connectivity index (χ1n) is 3.70. The van der Waals surface area contributed by atoms with Crippen molar-refractivity contribution >= 4 is 7.85 Å². The van der Waals surface area contributed by atoms with E-state index in [9.17, 15) is 10.1 Å². The van der Waals surface area contributed by atoms with Gasteiger partial charge in [-0.15, -0.1) is 0 Å². The van der Waals surface area contributed by atoms with Gasteiger partial charge in [-0.05, 0) is 6.42 Å². The van der Waals surface area contributed by atoms with Crippen LogP contribution in [-0.2, 0) is 0 Å². The lowest BCUT2D eigenvalue weighted by Gasteiger charge is -1.98. The van der Waals surface area contributed by atoms with Crippen molar-refractivity contribution in [3.63, 3.8) is 0 Å². The van der Waals surface area contributed by atoms with Gasteiger partial charge < -0.3 is 5.11 Å². The zero-order valence-electron chi connectivity index (χ0n) is 7.04. The van der Waals surface area contributed by atoms with Crippen molar-refractivity contribution in [2.75, 3.05) is 0 Å². The molecule has 0 aliphatic carbocycles. The Kier molecular flexibility index (Phi) is 6.32. The zero-order valence-corrected chi connectivity index (χ0v) is 7.04. The zero-order chi connectivity index (χ0) is 10.1. The number of allylic oxidation sites excluding steroid dienone is 4. The second-order valence-corrected chi connectivity index (χ2v) is 2.30. The second kappa shape index (κ2) is 7.15. The molecule has 0 aliphatic rings. The summed E-state index contributed by atoms with van der Waals surface area (Å²) in [5.41, 5.74) is 0. The predicted molar refractivity (Wildman–Crippen MR) is 51.2 cm³/mol. The van der Waals surface area contributed by atoms with Gasteiger partial charge in [0.1, 0.15) is 0 Å². The molecule has 0 saturated carbocycles. The summed E-state index contributed by atoms with van der Waals surface area (Å²) in [4.78, 5) is 9.27. The van der Waals surface area contributed by atoms with Crippen LogP contribution in [-0.4, -0.2) is 17.9 Å². The number of hydrogen-bond donors (Lipinski definition) is 1. The van der Waals surface area contributed by atoms with Crippen molar-refractivity contribution in [2.24, 2.45) is 0 Å². The fraction of sp³-hybridized carbons (Fsp3) is 0.250. The highest BCUT2D eigenvalue weighted by molar-refractivity contribution is 6.13. The summed E-state index contributed by atoms with van der Waals surface area (Å²) >= 11 is 0. The molecular formula is C8H10BNO3. The first-order valence-corrected chi connectivity index (χ1v) is 3.70. The van der Waals surface area contributed by atoms with Crippen molar-refractivity contribution in [3.8, 4) is 0 Å². The maximum atomic E-state index is 9.83. The highest BCUT2D eigenvalue weighted by atomic mass is 16.6. The van der Waals surface area contributed by atoms with Crippen molar-refractivity contribution in [3.05, 3.63) is 46.9 Å². The van der Waals surface area contributed by atoms with Crippen molar-refractivity contribution in [1.29, 1.82) is 0 Å². The SMILES string of the molecule is [B][C@H](/C=C/C=C/[N+](=O)[O-])C/C=C/O. The molecule has 68 valence electrons. The van der Waals surface area contributed by atoms with Gasteiger partial charge in [0.15, 0.2) is 0 Å². The molecule has 0 unspecified atom stereocenters. The molecule has 1 atom stereocenters. The molecule has 0 aromatic carbocycles. The van der Waals surface area contributed by atoms with E-state index in [4.69, 9.17) is 13.0 Å². The quantitative estimate of drug-likeness (QED) is 0.230. The van der Waals surface area contributed by atoms with Gasteiger partial charge >= 0.3 is 0 Å². The predicted octanol–water partition coefficient (Wildman–Crippen LogP) is 1.75. The molecule has 1 N–H and O–H groups in total. The van der Waals surface area contributed by atoms with Crippen LogP contribution in [0.15, 0.2) is 36.8 Å². The molecule has 0 aromatic rings. The van der Waals surface area contributed by atoms with Gasteiger partial charge in [-0.1, -0.05) is 24.0 Å². The van der Waals surface area contributed by atoms with Crippen LogP contribution in [0.5, 0.6) is 0 Å². The van der Waals surface area contributed by atoms with Gasteiger partial charge in [0.2, 0.25) is 6.20 Å². The van der Waals surface area contributed by atoms with Gasteiger partial charge in [-0.3, -0.25) is 10.1 Å². The summed E-state index contributed by atoms with van der Waals surface area (Å²) in [6, 6.07) is 0. The number of nitro groups is 1. The molecule has 13 heavy (non-hydrogen) atoms. The van der Waals surface area contributed by atoms with Crippen LogP contribution in [0.25, 0.3) is 0 Å². The van der Waals surface area contributed by atoms with E-state index >= 15 is 0 Å². The molecule has 0 saturated heterocycles. The van der Waals surface area contributed by atoms with Gasteiger partial charge in [0.25, 0.3) is 0 Å². The van der Waals surface area contributed by atoms with E-state index < -0.39 is 4.92 Å². The second-order valence-electron chi connectivity index (χ2n) is 2.30. The topological polar surface area (TPSA) is 63.4 Å². The van der Waals surface area contributed by atoms with Gasteiger partial charge in [-0.25, -0.2) is 0 Å². The van der Waals surface area contributed by atoms with Crippen molar-refractivity contribution < 1.29 is 10.0 Å². The monoisotopic (exact) mass is 179 g/mol. The van der Waals surface area contributed by atoms with Gasteiger partial charge in [-0.2, -0.15) is 0 Å². The highest BCUT2D eigenvalue weighted by Crippen LogP contribution is 2.07. The summed E-state index contributed by atoms with van der Waals surface area (Å²) in [6.45, 7) is 0. The largest absolute Gasteiger partial charge is 0.516 e. The third kappa shape index (κ3) is 8.39. The van der Waals surface area contributed by atoms with E-state index in [1.807, 2.05) is 0 Å². The molecule has 4 nitrogen and oxygen atoms in total. The lowest BCUT2D eigenvalue weighted by molar-refractivity contribution is -0.402. The number of hydrogen-bond acceptors (Lipinski definition) is 3. The van der Waals surface area contributed by atoms with Crippen LogP contribution in [0.1, 0.15) is 6.42 Å². The van der Waals surface area contributed by atoms with E-state index in [0.717, 1.165) is 12.5 Å². The summed E-state index contributed by atoms with van der Waals surface area (Å²) in [5, 5.41) is 18.1. The van der Waals surface area contributed by atoms with E-state index in [-0.39, 0.29) is 5.82 Å². The Labute approximate surface area is 77.8 Å². The molecule has 0 spiro atoms. The molecule has 2 radical (unpaired) electrons. The lowest BCUT2D eigenvalue weighted by Crippen LogP contribution is -1.84. The molecule has 0 bridgehead atoms. The van der Waals surface area contributed by atoms with Crippen molar-refractivity contribution in [2.45, 2.75) is 12.2 Å². The number of nitrogens with zero attached hydrogens (tertiary/aromatic N) is 1. The number of aliphatic hydroxyl groups is 1. The fourth-order valence-electron chi connectivity index (χ4n) is 0.623. The van der Waals surface area contributed by atoms with Crippen LogP contribution in [0.4, 0.5) is 0 Å². The van der Waals surface area contributed by atoms with E-state index in [0.29, 0.717) is 6.42 Å². The van der Waals surface area contributed by atoms with E-state index in [1.54, 1.807) is 6.08 Å². The summed E-state index contributed by atoms with van der Waals surface area (Å²) < 4.78 is 0. The third-order valence-corrected chi connectivity index (χ3v) is 1.19. The normalized spacial score (nSPS) is 14.5. The van der Waals surface area contributed by atoms with Crippen LogP contribution < -0.4 is 0 Å². The standard InChI is InChI=1S/C8H10BNO3/c9-8(5-3-7-11)4-1-2-6-10(12)13/h1-4,6-8,11H,5H2/b4-1+,6-2+,7-3+/t8-/m1/s1. The molecule has 0 fully saturated rings. The average molecular weight is 179 g/mol. The minimum absolute atomic E-state index is 0.236. The lowest BCUT2D eigenvalue weighted by atomic mass is 9.84. The van der Waals surface area contributed by atoms with Gasteiger partial charge in [0.05, 0.1) is 19.0 Å². The van der Waals surface area contributed by atoms with E-state index in [2.05, 4.69) is 0 Å². The molecule has 0 amide bonds. The highest BCUT2D eigenvalue weighted by Gasteiger charge is 1.91. The molecule has 0 rings (SSSR count). The molecular weight excluding hydrogens is 169 g/mol. The van der Waals surface area contributed by atoms with Crippen LogP contribution >= 0.6 is 0 Å². The number of rotatable bonds is 5. The van der Waals surface area contributed by atoms with Crippen LogP contribution in [0.3, 0.4) is 0 Å². The maximum absolute atomic E-state index is 9.83. The number of aliphatic hydroxyl groups excluding tert-OH is 1. The van der Waals surface area contributed by atoms with Crippen molar-refractivity contribution in [1.82, 2.24) is 0 Å². The Morgan fingerprint density at radius 2 is 2.23 bits per heavy atom. The first kappa shape index (κ1) is 11.5. The van der Waals surface area contributed by atoms with Crippen LogP contribution in [0, 0.1) is 10.1 Å². The molecule has 0 aliphatic heterocycles. The average Bonchev–Trinajstić information content (AvgIpc) is 2.08. The Morgan fingerprint density at radius 3 is 2.77 bits per heavy atom. The first-order chi connectivity index (χ1) is 6.16. The molecule has 5 heteroatoms. The van der Waals surface area contributed by atoms with E-state index in [1.165, 1.54) is 18.2 Å². The molecule has 0 heterocycles. The minimum atomic E-state index is -0.552. The minimum Gasteiger partial charge on any atom is -0.516 e. The Hall–Kier alpha value is -1.52. The summed E-state index contributed by atoms with van der Waals surface area (Å²) in [7, 11) is 5.52. The Balaban J connectivity index is 3.77.